The molecule has 0 aliphatic carbocycles. The van der Waals surface area contributed by atoms with E-state index < -0.39 is 5.60 Å². The summed E-state index contributed by atoms with van der Waals surface area (Å²) in [6, 6.07) is 3.34. The quantitative estimate of drug-likeness (QED) is 0.898. The molecule has 5 nitrogen and oxygen atoms in total. The Labute approximate surface area is 133 Å². The lowest BCUT2D eigenvalue weighted by atomic mass is 9.82. The van der Waals surface area contributed by atoms with Crippen molar-refractivity contribution in [3.05, 3.63) is 22.2 Å². The van der Waals surface area contributed by atoms with Gasteiger partial charge in [0.25, 0.3) is 5.91 Å². The van der Waals surface area contributed by atoms with Gasteiger partial charge < -0.3 is 19.5 Å². The highest BCUT2D eigenvalue weighted by Gasteiger charge is 2.46. The number of halogens is 1. The van der Waals surface area contributed by atoms with Crippen molar-refractivity contribution in [1.82, 2.24) is 4.90 Å². The van der Waals surface area contributed by atoms with Crippen LogP contribution in [0, 0.1) is 5.92 Å². The number of β-amino-alcohol motifs (C(OH)–C–C–N with tert-alkyl or cyclic N) is 1. The van der Waals surface area contributed by atoms with Crippen LogP contribution in [0.25, 0.3) is 0 Å². The van der Waals surface area contributed by atoms with Crippen LogP contribution in [0.4, 0.5) is 0 Å². The maximum Gasteiger partial charge on any atom is 0.254 e. The van der Waals surface area contributed by atoms with Gasteiger partial charge in [0.05, 0.1) is 27.3 Å². The first-order chi connectivity index (χ1) is 9.82. The molecule has 0 bridgehead atoms. The molecule has 6 heteroatoms. The standard InChI is InChI=1S/C15H20BrNO4/c1-9(2)15(19)7-17(8-15)14(18)10-5-11(20-3)13(16)12(6-10)21-4/h5-6,9,19H,7-8H2,1-4H3. The van der Waals surface area contributed by atoms with Crippen molar-refractivity contribution < 1.29 is 19.4 Å². The summed E-state index contributed by atoms with van der Waals surface area (Å²) in [5.41, 5.74) is -0.295. The van der Waals surface area contributed by atoms with Crippen LogP contribution in [0.2, 0.25) is 0 Å². The molecule has 1 saturated heterocycles. The topological polar surface area (TPSA) is 59.0 Å². The third kappa shape index (κ3) is 2.87. The summed E-state index contributed by atoms with van der Waals surface area (Å²) in [7, 11) is 3.07. The van der Waals surface area contributed by atoms with Gasteiger partial charge in [0.2, 0.25) is 0 Å². The average molecular weight is 358 g/mol. The predicted molar refractivity (Wildman–Crippen MR) is 82.9 cm³/mol. The minimum atomic E-state index is -0.779. The van der Waals surface area contributed by atoms with Crippen LogP contribution in [0.5, 0.6) is 11.5 Å². The molecule has 1 aliphatic heterocycles. The Morgan fingerprint density at radius 1 is 1.29 bits per heavy atom. The molecule has 0 saturated carbocycles. The lowest BCUT2D eigenvalue weighted by Crippen LogP contribution is -2.65. The van der Waals surface area contributed by atoms with Crippen molar-refractivity contribution in [1.29, 1.82) is 0 Å². The highest BCUT2D eigenvalue weighted by Crippen LogP contribution is 2.37. The zero-order valence-corrected chi connectivity index (χ0v) is 14.2. The Kier molecular flexibility index (Phi) is 4.49. The van der Waals surface area contributed by atoms with Gasteiger partial charge in [-0.25, -0.2) is 0 Å². The number of ether oxygens (including phenoxy) is 2. The number of hydrogen-bond donors (Lipinski definition) is 1. The van der Waals surface area contributed by atoms with E-state index in [0.717, 1.165) is 0 Å². The Morgan fingerprint density at radius 2 is 1.76 bits per heavy atom. The summed E-state index contributed by atoms with van der Waals surface area (Å²) in [6.07, 6.45) is 0. The van der Waals surface area contributed by atoms with Gasteiger partial charge in [0, 0.05) is 5.56 Å². The van der Waals surface area contributed by atoms with Crippen LogP contribution in [0.15, 0.2) is 16.6 Å². The predicted octanol–water partition coefficient (Wildman–Crippen LogP) is 2.31. The molecule has 1 amide bonds. The molecule has 21 heavy (non-hydrogen) atoms. The summed E-state index contributed by atoms with van der Waals surface area (Å²) in [4.78, 5) is 14.1. The van der Waals surface area contributed by atoms with Gasteiger partial charge in [-0.15, -0.1) is 0 Å². The lowest BCUT2D eigenvalue weighted by molar-refractivity contribution is -0.110. The lowest BCUT2D eigenvalue weighted by Gasteiger charge is -2.49. The zero-order valence-electron chi connectivity index (χ0n) is 12.6. The Bertz CT molecular complexity index is 528. The molecular formula is C15H20BrNO4. The smallest absolute Gasteiger partial charge is 0.254 e. The number of methoxy groups -OCH3 is 2. The highest BCUT2D eigenvalue weighted by atomic mass is 79.9. The Hall–Kier alpha value is -1.27. The summed E-state index contributed by atoms with van der Waals surface area (Å²) < 4.78 is 11.2. The van der Waals surface area contributed by atoms with Crippen molar-refractivity contribution in [2.75, 3.05) is 27.3 Å². The SMILES string of the molecule is COc1cc(C(=O)N2CC(O)(C(C)C)C2)cc(OC)c1Br. The third-order valence-electron chi connectivity index (χ3n) is 3.98. The molecule has 116 valence electrons. The number of aliphatic hydroxyl groups is 1. The molecule has 0 atom stereocenters. The maximum absolute atomic E-state index is 12.5. The highest BCUT2D eigenvalue weighted by molar-refractivity contribution is 9.10. The van der Waals surface area contributed by atoms with Gasteiger partial charge in [-0.1, -0.05) is 13.8 Å². The van der Waals surface area contributed by atoms with E-state index in [1.54, 1.807) is 17.0 Å². The molecule has 1 N–H and O–H groups in total. The van der Waals surface area contributed by atoms with Gasteiger partial charge in [-0.05, 0) is 34.0 Å². The second kappa shape index (κ2) is 5.85. The fraction of sp³-hybridized carbons (Fsp3) is 0.533. The van der Waals surface area contributed by atoms with Gasteiger partial charge in [-0.3, -0.25) is 4.79 Å². The molecule has 1 aliphatic rings. The van der Waals surface area contributed by atoms with Crippen molar-refractivity contribution in [2.24, 2.45) is 5.92 Å². The van der Waals surface area contributed by atoms with Crippen LogP contribution in [-0.4, -0.2) is 48.8 Å². The number of carbonyl (C=O) groups is 1. The van der Waals surface area contributed by atoms with E-state index in [9.17, 15) is 9.90 Å². The number of carbonyl (C=O) groups excluding carboxylic acids is 1. The molecule has 0 radical (unpaired) electrons. The average Bonchev–Trinajstić information content (AvgIpc) is 2.43. The van der Waals surface area contributed by atoms with Crippen molar-refractivity contribution in [3.63, 3.8) is 0 Å². The first-order valence-electron chi connectivity index (χ1n) is 6.75. The van der Waals surface area contributed by atoms with Gasteiger partial charge in [-0.2, -0.15) is 0 Å². The number of amides is 1. The van der Waals surface area contributed by atoms with Crippen LogP contribution in [0.3, 0.4) is 0 Å². The van der Waals surface area contributed by atoms with Crippen molar-refractivity contribution >= 4 is 21.8 Å². The maximum atomic E-state index is 12.5. The van der Waals surface area contributed by atoms with Gasteiger partial charge in [0.15, 0.2) is 0 Å². The molecule has 1 heterocycles. The molecule has 1 aromatic carbocycles. The van der Waals surface area contributed by atoms with Crippen LogP contribution >= 0.6 is 15.9 Å². The number of hydrogen-bond acceptors (Lipinski definition) is 4. The Balaban J connectivity index is 2.22. The number of likely N-dealkylation sites (tertiary alicyclic amines) is 1. The number of benzene rings is 1. The van der Waals surface area contributed by atoms with Crippen molar-refractivity contribution in [3.8, 4) is 11.5 Å². The fourth-order valence-corrected chi connectivity index (χ4v) is 2.85. The molecule has 1 fully saturated rings. The first kappa shape index (κ1) is 16.1. The number of nitrogens with zero attached hydrogens (tertiary/aromatic N) is 1. The number of rotatable bonds is 4. The third-order valence-corrected chi connectivity index (χ3v) is 4.77. The second-order valence-electron chi connectivity index (χ2n) is 5.61. The summed E-state index contributed by atoms with van der Waals surface area (Å²) in [5.74, 6) is 1.06. The first-order valence-corrected chi connectivity index (χ1v) is 7.55. The molecule has 2 rings (SSSR count). The van der Waals surface area contributed by atoms with E-state index in [1.165, 1.54) is 14.2 Å². The van der Waals surface area contributed by atoms with Gasteiger partial charge in [0.1, 0.15) is 21.6 Å². The van der Waals surface area contributed by atoms with Gasteiger partial charge >= 0.3 is 0 Å². The van der Waals surface area contributed by atoms with E-state index in [1.807, 2.05) is 13.8 Å². The molecule has 1 aromatic rings. The van der Waals surface area contributed by atoms with E-state index in [0.29, 0.717) is 34.6 Å². The van der Waals surface area contributed by atoms with E-state index in [4.69, 9.17) is 9.47 Å². The fourth-order valence-electron chi connectivity index (χ4n) is 2.30. The molecular weight excluding hydrogens is 338 g/mol. The van der Waals surface area contributed by atoms with Crippen LogP contribution in [-0.2, 0) is 0 Å². The molecule has 0 spiro atoms. The van der Waals surface area contributed by atoms with E-state index >= 15 is 0 Å². The van der Waals surface area contributed by atoms with Crippen LogP contribution in [0.1, 0.15) is 24.2 Å². The van der Waals surface area contributed by atoms with Crippen LogP contribution < -0.4 is 9.47 Å². The summed E-state index contributed by atoms with van der Waals surface area (Å²) in [6.45, 7) is 4.61. The summed E-state index contributed by atoms with van der Waals surface area (Å²) >= 11 is 3.38. The minimum Gasteiger partial charge on any atom is -0.495 e. The molecule has 0 aromatic heterocycles. The largest absolute Gasteiger partial charge is 0.495 e. The van der Waals surface area contributed by atoms with E-state index in [-0.39, 0.29) is 11.8 Å². The molecule has 0 unspecified atom stereocenters. The van der Waals surface area contributed by atoms with Crippen molar-refractivity contribution in [2.45, 2.75) is 19.4 Å². The normalized spacial score (nSPS) is 16.6. The Morgan fingerprint density at radius 3 is 2.14 bits per heavy atom. The minimum absolute atomic E-state index is 0.121. The van der Waals surface area contributed by atoms with E-state index in [2.05, 4.69) is 15.9 Å². The monoisotopic (exact) mass is 357 g/mol. The summed E-state index contributed by atoms with van der Waals surface area (Å²) in [5, 5.41) is 10.2. The zero-order chi connectivity index (χ0) is 15.8. The second-order valence-corrected chi connectivity index (χ2v) is 6.41.